The Morgan fingerprint density at radius 3 is 2.96 bits per heavy atom. The predicted octanol–water partition coefficient (Wildman–Crippen LogP) is 1.55. The highest BCUT2D eigenvalue weighted by molar-refractivity contribution is 7.17. The average molecular weight is 365 g/mol. The van der Waals surface area contributed by atoms with Gasteiger partial charge in [-0.1, -0.05) is 4.98 Å². The number of aromatic nitrogens is 3. The summed E-state index contributed by atoms with van der Waals surface area (Å²) in [5.41, 5.74) is 1.35. The zero-order valence-electron chi connectivity index (χ0n) is 13.4. The second kappa shape index (κ2) is 6.97. The second-order valence-corrected chi connectivity index (χ2v) is 6.43. The van der Waals surface area contributed by atoms with E-state index < -0.39 is 22.7 Å². The van der Waals surface area contributed by atoms with Gasteiger partial charge in [-0.15, -0.1) is 11.3 Å². The van der Waals surface area contributed by atoms with Gasteiger partial charge >= 0.3 is 11.9 Å². The number of amides is 1. The van der Waals surface area contributed by atoms with Crippen molar-refractivity contribution in [2.75, 3.05) is 11.9 Å². The van der Waals surface area contributed by atoms with Gasteiger partial charge in [0.25, 0.3) is 0 Å². The summed E-state index contributed by atoms with van der Waals surface area (Å²) in [4.78, 5) is 38.8. The van der Waals surface area contributed by atoms with Crippen molar-refractivity contribution in [1.29, 1.82) is 0 Å². The number of carbonyl (C=O) groups is 2. The number of thiophene rings is 1. The Hall–Kier alpha value is -2.82. The Kier molecular flexibility index (Phi) is 4.74. The molecule has 1 aliphatic rings. The number of anilines is 1. The number of hydrogen-bond donors (Lipinski definition) is 1. The van der Waals surface area contributed by atoms with Crippen LogP contribution in [0.1, 0.15) is 34.1 Å². The van der Waals surface area contributed by atoms with Gasteiger partial charge in [0.05, 0.1) is 12.2 Å². The SMILES string of the molecule is CCOC(=O)c1c(NC(=O)Cn2cnc([N+](=O)[O-])n2)sc2c1CCC2. The van der Waals surface area contributed by atoms with Gasteiger partial charge in [0.15, 0.2) is 0 Å². The molecule has 0 fully saturated rings. The normalized spacial score (nSPS) is 12.7. The van der Waals surface area contributed by atoms with Crippen LogP contribution in [0, 0.1) is 10.1 Å². The molecule has 2 heterocycles. The Bertz CT molecular complexity index is 843. The zero-order chi connectivity index (χ0) is 18.0. The standard InChI is InChI=1S/C14H15N5O5S/c1-2-24-13(21)11-8-4-3-5-9(8)25-12(11)16-10(20)6-18-7-15-14(17-18)19(22)23/h7H,2-6H2,1H3,(H,16,20). The van der Waals surface area contributed by atoms with Gasteiger partial charge in [-0.3, -0.25) is 4.79 Å². The Labute approximate surface area is 146 Å². The van der Waals surface area contributed by atoms with Crippen molar-refractivity contribution in [3.63, 3.8) is 0 Å². The highest BCUT2D eigenvalue weighted by Crippen LogP contribution is 2.39. The topological polar surface area (TPSA) is 129 Å². The van der Waals surface area contributed by atoms with E-state index in [4.69, 9.17) is 4.74 Å². The van der Waals surface area contributed by atoms with Gasteiger partial charge in [-0.05, 0) is 36.7 Å². The lowest BCUT2D eigenvalue weighted by atomic mass is 10.1. The molecule has 0 saturated carbocycles. The lowest BCUT2D eigenvalue weighted by Gasteiger charge is -2.07. The number of ether oxygens (including phenoxy) is 1. The summed E-state index contributed by atoms with van der Waals surface area (Å²) >= 11 is 1.37. The molecule has 1 amide bonds. The molecular weight excluding hydrogens is 350 g/mol. The molecule has 25 heavy (non-hydrogen) atoms. The van der Waals surface area contributed by atoms with Crippen LogP contribution in [0.15, 0.2) is 6.33 Å². The number of rotatable bonds is 6. The van der Waals surface area contributed by atoms with E-state index in [1.807, 2.05) is 0 Å². The minimum Gasteiger partial charge on any atom is -0.462 e. The van der Waals surface area contributed by atoms with Crippen molar-refractivity contribution < 1.29 is 19.2 Å². The van der Waals surface area contributed by atoms with E-state index in [1.54, 1.807) is 6.92 Å². The van der Waals surface area contributed by atoms with Gasteiger partial charge in [-0.25, -0.2) is 4.79 Å². The lowest BCUT2D eigenvalue weighted by Crippen LogP contribution is -2.20. The average Bonchev–Trinajstić information content (AvgIpc) is 3.22. The first-order valence-corrected chi connectivity index (χ1v) is 8.46. The number of aryl methyl sites for hydroxylation is 1. The number of nitro groups is 1. The number of esters is 1. The molecule has 2 aromatic heterocycles. The summed E-state index contributed by atoms with van der Waals surface area (Å²) < 4.78 is 6.16. The molecule has 0 spiro atoms. The molecule has 2 aromatic rings. The molecule has 0 unspecified atom stereocenters. The molecule has 132 valence electrons. The van der Waals surface area contributed by atoms with Crippen molar-refractivity contribution in [3.8, 4) is 0 Å². The molecule has 10 nitrogen and oxygen atoms in total. The quantitative estimate of drug-likeness (QED) is 0.467. The molecule has 1 aliphatic carbocycles. The van der Waals surface area contributed by atoms with E-state index in [0.29, 0.717) is 10.6 Å². The third-order valence-electron chi connectivity index (χ3n) is 3.65. The Balaban J connectivity index is 1.76. The van der Waals surface area contributed by atoms with Crippen LogP contribution in [0.4, 0.5) is 10.9 Å². The maximum absolute atomic E-state index is 12.2. The zero-order valence-corrected chi connectivity index (χ0v) is 14.2. The van der Waals surface area contributed by atoms with E-state index in [9.17, 15) is 19.7 Å². The number of hydrogen-bond acceptors (Lipinski definition) is 8. The first-order valence-electron chi connectivity index (χ1n) is 7.65. The fraction of sp³-hybridized carbons (Fsp3) is 0.429. The summed E-state index contributed by atoms with van der Waals surface area (Å²) in [7, 11) is 0. The Morgan fingerprint density at radius 1 is 1.48 bits per heavy atom. The number of nitrogens with zero attached hydrogens (tertiary/aromatic N) is 4. The predicted molar refractivity (Wildman–Crippen MR) is 87.6 cm³/mol. The molecule has 1 N–H and O–H groups in total. The lowest BCUT2D eigenvalue weighted by molar-refractivity contribution is -0.394. The largest absolute Gasteiger partial charge is 0.490 e. The minimum absolute atomic E-state index is 0.244. The Morgan fingerprint density at radius 2 is 2.28 bits per heavy atom. The molecule has 0 bridgehead atoms. The molecule has 0 atom stereocenters. The van der Waals surface area contributed by atoms with Gasteiger partial charge in [0.2, 0.25) is 12.2 Å². The first kappa shape index (κ1) is 17.0. The summed E-state index contributed by atoms with van der Waals surface area (Å²) in [5, 5.41) is 17.3. The van der Waals surface area contributed by atoms with Crippen molar-refractivity contribution in [2.24, 2.45) is 0 Å². The molecule has 11 heteroatoms. The molecule has 0 radical (unpaired) electrons. The third kappa shape index (κ3) is 3.50. The van der Waals surface area contributed by atoms with E-state index >= 15 is 0 Å². The van der Waals surface area contributed by atoms with Gasteiger partial charge in [0.1, 0.15) is 11.5 Å². The minimum atomic E-state index is -0.739. The number of fused-ring (bicyclic) bond motifs is 1. The first-order chi connectivity index (χ1) is 12.0. The maximum atomic E-state index is 12.2. The number of nitrogens with one attached hydrogen (secondary N) is 1. The third-order valence-corrected chi connectivity index (χ3v) is 4.85. The fourth-order valence-electron chi connectivity index (χ4n) is 2.67. The summed E-state index contributed by atoms with van der Waals surface area (Å²) in [6.07, 6.45) is 3.74. The van der Waals surface area contributed by atoms with Crippen LogP contribution in [-0.2, 0) is 28.9 Å². The molecule has 0 saturated heterocycles. The summed E-state index contributed by atoms with van der Waals surface area (Å²) in [6, 6.07) is 0. The second-order valence-electron chi connectivity index (χ2n) is 5.33. The van der Waals surface area contributed by atoms with Crippen molar-refractivity contribution >= 4 is 34.2 Å². The van der Waals surface area contributed by atoms with E-state index in [-0.39, 0.29) is 13.2 Å². The molecular formula is C14H15N5O5S. The van der Waals surface area contributed by atoms with Gasteiger partial charge in [-0.2, -0.15) is 4.68 Å². The van der Waals surface area contributed by atoms with Crippen LogP contribution in [0.3, 0.4) is 0 Å². The van der Waals surface area contributed by atoms with E-state index in [0.717, 1.165) is 40.7 Å². The number of carbonyl (C=O) groups excluding carboxylic acids is 2. The van der Waals surface area contributed by atoms with Crippen molar-refractivity contribution in [1.82, 2.24) is 14.8 Å². The van der Waals surface area contributed by atoms with Crippen LogP contribution in [0.2, 0.25) is 0 Å². The van der Waals surface area contributed by atoms with Gasteiger partial charge in [0, 0.05) is 9.98 Å². The van der Waals surface area contributed by atoms with E-state index in [2.05, 4.69) is 15.4 Å². The molecule has 0 aliphatic heterocycles. The maximum Gasteiger partial charge on any atom is 0.490 e. The van der Waals surface area contributed by atoms with Crippen LogP contribution in [0.25, 0.3) is 0 Å². The van der Waals surface area contributed by atoms with Crippen molar-refractivity contribution in [2.45, 2.75) is 32.7 Å². The highest BCUT2D eigenvalue weighted by Gasteiger charge is 2.28. The summed E-state index contributed by atoms with van der Waals surface area (Å²) in [6.45, 7) is 1.73. The smallest absolute Gasteiger partial charge is 0.462 e. The summed E-state index contributed by atoms with van der Waals surface area (Å²) in [5.74, 6) is -1.48. The highest BCUT2D eigenvalue weighted by atomic mass is 32.1. The van der Waals surface area contributed by atoms with Crippen LogP contribution in [-0.4, -0.2) is 38.2 Å². The van der Waals surface area contributed by atoms with Crippen LogP contribution < -0.4 is 5.32 Å². The fourth-order valence-corrected chi connectivity index (χ4v) is 3.96. The van der Waals surface area contributed by atoms with Crippen molar-refractivity contribution in [3.05, 3.63) is 32.4 Å². The van der Waals surface area contributed by atoms with Crippen LogP contribution >= 0.6 is 11.3 Å². The molecule has 0 aromatic carbocycles. The van der Waals surface area contributed by atoms with Crippen LogP contribution in [0.5, 0.6) is 0 Å². The van der Waals surface area contributed by atoms with Gasteiger partial charge < -0.3 is 20.2 Å². The monoisotopic (exact) mass is 365 g/mol. The molecule has 3 rings (SSSR count). The van der Waals surface area contributed by atoms with E-state index in [1.165, 1.54) is 11.3 Å².